The number of hydrogen-bond donors (Lipinski definition) is 1. The van der Waals surface area contributed by atoms with Crippen LogP contribution in [0.2, 0.25) is 0 Å². The van der Waals surface area contributed by atoms with Gasteiger partial charge >= 0.3 is 0 Å². The van der Waals surface area contributed by atoms with E-state index < -0.39 is 0 Å². The topological polar surface area (TPSA) is 41.6 Å². The molecule has 18 heavy (non-hydrogen) atoms. The van der Waals surface area contributed by atoms with Crippen LogP contribution in [-0.4, -0.2) is 60.2 Å². The Kier molecular flexibility index (Phi) is 5.33. The molecule has 2 aliphatic rings. The minimum atomic E-state index is 0.172. The standard InChI is InChI=1S/C13H24N2O2S/c1-3-12-8-17-10(2)7-15(12)13(16)6-11-9-18-5-4-14-11/h10-12,14H,3-9H2,1-2H3. The van der Waals surface area contributed by atoms with E-state index in [4.69, 9.17) is 4.74 Å². The first-order valence-corrected chi connectivity index (χ1v) is 8.08. The van der Waals surface area contributed by atoms with Crippen LogP contribution in [-0.2, 0) is 9.53 Å². The summed E-state index contributed by atoms with van der Waals surface area (Å²) in [6.07, 6.45) is 1.78. The van der Waals surface area contributed by atoms with E-state index in [1.54, 1.807) is 0 Å². The van der Waals surface area contributed by atoms with Gasteiger partial charge in [-0.1, -0.05) is 6.92 Å². The van der Waals surface area contributed by atoms with E-state index in [0.717, 1.165) is 31.0 Å². The lowest BCUT2D eigenvalue weighted by atomic mass is 10.1. The molecule has 2 aliphatic heterocycles. The molecule has 0 aromatic carbocycles. The van der Waals surface area contributed by atoms with Crippen molar-refractivity contribution in [3.63, 3.8) is 0 Å². The van der Waals surface area contributed by atoms with Crippen molar-refractivity contribution in [1.82, 2.24) is 10.2 Å². The van der Waals surface area contributed by atoms with Crippen molar-refractivity contribution in [3.05, 3.63) is 0 Å². The molecule has 3 unspecified atom stereocenters. The molecule has 0 aromatic rings. The number of rotatable bonds is 3. The molecule has 2 saturated heterocycles. The fourth-order valence-electron chi connectivity index (χ4n) is 2.57. The summed E-state index contributed by atoms with van der Waals surface area (Å²) < 4.78 is 5.64. The predicted octanol–water partition coefficient (Wildman–Crippen LogP) is 1.11. The second-order valence-corrected chi connectivity index (χ2v) is 6.33. The van der Waals surface area contributed by atoms with Gasteiger partial charge in [0.1, 0.15) is 0 Å². The molecule has 3 atom stereocenters. The van der Waals surface area contributed by atoms with Crippen molar-refractivity contribution >= 4 is 17.7 Å². The van der Waals surface area contributed by atoms with Gasteiger partial charge in [0.2, 0.25) is 5.91 Å². The SMILES string of the molecule is CCC1COC(C)CN1C(=O)CC1CSCCN1. The van der Waals surface area contributed by atoms with Crippen LogP contribution in [0.15, 0.2) is 0 Å². The summed E-state index contributed by atoms with van der Waals surface area (Å²) in [4.78, 5) is 14.4. The van der Waals surface area contributed by atoms with Crippen molar-refractivity contribution in [2.24, 2.45) is 0 Å². The second-order valence-electron chi connectivity index (χ2n) is 5.18. The van der Waals surface area contributed by atoms with Crippen LogP contribution in [0.4, 0.5) is 0 Å². The maximum Gasteiger partial charge on any atom is 0.224 e. The van der Waals surface area contributed by atoms with Gasteiger partial charge < -0.3 is 15.0 Å². The maximum absolute atomic E-state index is 12.4. The van der Waals surface area contributed by atoms with E-state index >= 15 is 0 Å². The number of morpholine rings is 1. The Labute approximate surface area is 114 Å². The zero-order valence-corrected chi connectivity index (χ0v) is 12.2. The highest BCUT2D eigenvalue weighted by Crippen LogP contribution is 2.18. The van der Waals surface area contributed by atoms with Crippen LogP contribution in [0.3, 0.4) is 0 Å². The number of nitrogens with one attached hydrogen (secondary N) is 1. The Balaban J connectivity index is 1.88. The molecule has 0 spiro atoms. The highest BCUT2D eigenvalue weighted by atomic mass is 32.2. The summed E-state index contributed by atoms with van der Waals surface area (Å²) in [7, 11) is 0. The highest BCUT2D eigenvalue weighted by molar-refractivity contribution is 7.99. The summed E-state index contributed by atoms with van der Waals surface area (Å²) in [5.74, 6) is 2.51. The predicted molar refractivity (Wildman–Crippen MR) is 74.9 cm³/mol. The minimum absolute atomic E-state index is 0.172. The fourth-order valence-corrected chi connectivity index (χ4v) is 3.52. The normalized spacial score (nSPS) is 33.4. The third kappa shape index (κ3) is 3.62. The third-order valence-electron chi connectivity index (χ3n) is 3.68. The number of thioether (sulfide) groups is 1. The minimum Gasteiger partial charge on any atom is -0.375 e. The molecule has 1 amide bonds. The summed E-state index contributed by atoms with van der Waals surface area (Å²) in [6.45, 7) is 6.63. The van der Waals surface area contributed by atoms with Crippen LogP contribution >= 0.6 is 11.8 Å². The van der Waals surface area contributed by atoms with Crippen LogP contribution in [0, 0.1) is 0 Å². The van der Waals surface area contributed by atoms with Gasteiger partial charge in [0, 0.05) is 37.1 Å². The lowest BCUT2D eigenvalue weighted by molar-refractivity contribution is -0.144. The molecule has 1 N–H and O–H groups in total. The number of nitrogens with zero attached hydrogens (tertiary/aromatic N) is 1. The number of ether oxygens (including phenoxy) is 1. The van der Waals surface area contributed by atoms with E-state index in [2.05, 4.69) is 12.2 Å². The first-order chi connectivity index (χ1) is 8.70. The molecular weight excluding hydrogens is 248 g/mol. The van der Waals surface area contributed by atoms with Crippen LogP contribution in [0.1, 0.15) is 26.7 Å². The van der Waals surface area contributed by atoms with Crippen LogP contribution in [0.25, 0.3) is 0 Å². The zero-order chi connectivity index (χ0) is 13.0. The molecule has 0 aromatic heterocycles. The summed E-state index contributed by atoms with van der Waals surface area (Å²) >= 11 is 1.94. The van der Waals surface area contributed by atoms with E-state index in [0.29, 0.717) is 19.1 Å². The third-order valence-corrected chi connectivity index (χ3v) is 4.81. The molecule has 4 nitrogen and oxygen atoms in total. The van der Waals surface area contributed by atoms with Crippen molar-refractivity contribution in [2.75, 3.05) is 31.2 Å². The van der Waals surface area contributed by atoms with Gasteiger partial charge in [0.25, 0.3) is 0 Å². The van der Waals surface area contributed by atoms with Crippen molar-refractivity contribution < 1.29 is 9.53 Å². The second kappa shape index (κ2) is 6.78. The average Bonchev–Trinajstić information content (AvgIpc) is 2.40. The largest absolute Gasteiger partial charge is 0.375 e. The van der Waals surface area contributed by atoms with Gasteiger partial charge in [-0.2, -0.15) is 11.8 Å². The fraction of sp³-hybridized carbons (Fsp3) is 0.923. The molecule has 104 valence electrons. The molecule has 0 saturated carbocycles. The Morgan fingerprint density at radius 1 is 1.56 bits per heavy atom. The number of carbonyl (C=O) groups is 1. The number of carbonyl (C=O) groups excluding carboxylic acids is 1. The van der Waals surface area contributed by atoms with Gasteiger partial charge in [-0.05, 0) is 13.3 Å². The molecular formula is C13H24N2O2S. The number of hydrogen-bond acceptors (Lipinski definition) is 4. The Morgan fingerprint density at radius 3 is 3.06 bits per heavy atom. The first kappa shape index (κ1) is 14.2. The summed E-state index contributed by atoms with van der Waals surface area (Å²) in [5, 5.41) is 3.43. The molecule has 0 aliphatic carbocycles. The van der Waals surface area contributed by atoms with Gasteiger partial charge in [-0.25, -0.2) is 0 Å². The van der Waals surface area contributed by atoms with E-state index in [-0.39, 0.29) is 18.1 Å². The van der Waals surface area contributed by atoms with Gasteiger partial charge in [0.05, 0.1) is 18.8 Å². The van der Waals surface area contributed by atoms with Crippen molar-refractivity contribution in [2.45, 2.75) is 44.9 Å². The van der Waals surface area contributed by atoms with Crippen LogP contribution in [0.5, 0.6) is 0 Å². The van der Waals surface area contributed by atoms with Gasteiger partial charge in [-0.3, -0.25) is 4.79 Å². The molecule has 2 fully saturated rings. The first-order valence-electron chi connectivity index (χ1n) is 6.93. The molecule has 2 heterocycles. The van der Waals surface area contributed by atoms with E-state index in [1.165, 1.54) is 0 Å². The van der Waals surface area contributed by atoms with E-state index in [9.17, 15) is 4.79 Å². The zero-order valence-electron chi connectivity index (χ0n) is 11.4. The average molecular weight is 272 g/mol. The molecule has 5 heteroatoms. The summed E-state index contributed by atoms with van der Waals surface area (Å²) in [6, 6.07) is 0.622. The lowest BCUT2D eigenvalue weighted by Crippen LogP contribution is -2.53. The highest BCUT2D eigenvalue weighted by Gasteiger charge is 2.30. The molecule has 0 bridgehead atoms. The summed E-state index contributed by atoms with van der Waals surface area (Å²) in [5.41, 5.74) is 0. The van der Waals surface area contributed by atoms with E-state index in [1.807, 2.05) is 23.6 Å². The van der Waals surface area contributed by atoms with Gasteiger partial charge in [0.15, 0.2) is 0 Å². The van der Waals surface area contributed by atoms with Gasteiger partial charge in [-0.15, -0.1) is 0 Å². The molecule has 2 rings (SSSR count). The maximum atomic E-state index is 12.4. The molecule has 0 radical (unpaired) electrons. The monoisotopic (exact) mass is 272 g/mol. The quantitative estimate of drug-likeness (QED) is 0.835. The van der Waals surface area contributed by atoms with Crippen LogP contribution < -0.4 is 5.32 Å². The lowest BCUT2D eigenvalue weighted by Gasteiger charge is -2.39. The number of amides is 1. The Hall–Kier alpha value is -0.260. The Bertz CT molecular complexity index is 282. The smallest absolute Gasteiger partial charge is 0.224 e. The van der Waals surface area contributed by atoms with Crippen molar-refractivity contribution in [1.29, 1.82) is 0 Å². The van der Waals surface area contributed by atoms with Crippen molar-refractivity contribution in [3.8, 4) is 0 Å². The Morgan fingerprint density at radius 2 is 2.39 bits per heavy atom.